The van der Waals surface area contributed by atoms with Crippen LogP contribution in [-0.4, -0.2) is 36.0 Å². The maximum atomic E-state index is 13.4. The van der Waals surface area contributed by atoms with Crippen molar-refractivity contribution in [1.82, 2.24) is 4.90 Å². The van der Waals surface area contributed by atoms with E-state index in [1.807, 2.05) is 0 Å². The molecule has 0 aliphatic carbocycles. The zero-order valence-corrected chi connectivity index (χ0v) is 10.2. The van der Waals surface area contributed by atoms with Crippen LogP contribution in [0.25, 0.3) is 0 Å². The first kappa shape index (κ1) is 12.8. The molecule has 1 heterocycles. The number of piperidine rings is 1. The van der Waals surface area contributed by atoms with E-state index in [9.17, 15) is 14.5 Å². The number of anilines is 1. The Balaban J connectivity index is 2.02. The minimum absolute atomic E-state index is 0.307. The van der Waals surface area contributed by atoms with E-state index in [1.54, 1.807) is 6.07 Å². The summed E-state index contributed by atoms with van der Waals surface area (Å²) in [6.45, 7) is 2.01. The first-order valence-electron chi connectivity index (χ1n) is 5.95. The Bertz CT molecular complexity index is 445. The SMILES string of the molecule is CN1CCC(Nc2ccc([N+](=O)[O-])c(F)c2)CC1. The van der Waals surface area contributed by atoms with Gasteiger partial charge in [0.25, 0.3) is 0 Å². The fourth-order valence-electron chi connectivity index (χ4n) is 2.13. The quantitative estimate of drug-likeness (QED) is 0.663. The first-order chi connectivity index (χ1) is 8.56. The molecule has 0 unspecified atom stereocenters. The topological polar surface area (TPSA) is 58.4 Å². The van der Waals surface area contributed by atoms with Crippen molar-refractivity contribution in [3.63, 3.8) is 0 Å². The number of hydrogen-bond acceptors (Lipinski definition) is 4. The van der Waals surface area contributed by atoms with Gasteiger partial charge in [-0.15, -0.1) is 0 Å². The van der Waals surface area contributed by atoms with Crippen LogP contribution in [0.4, 0.5) is 15.8 Å². The van der Waals surface area contributed by atoms with Gasteiger partial charge in [-0.25, -0.2) is 0 Å². The van der Waals surface area contributed by atoms with E-state index in [0.717, 1.165) is 25.9 Å². The van der Waals surface area contributed by atoms with Crippen molar-refractivity contribution in [2.24, 2.45) is 0 Å². The van der Waals surface area contributed by atoms with Gasteiger partial charge in [0.1, 0.15) is 0 Å². The highest BCUT2D eigenvalue weighted by Gasteiger charge is 2.18. The molecule has 1 N–H and O–H groups in total. The second-order valence-electron chi connectivity index (χ2n) is 4.65. The second kappa shape index (κ2) is 5.30. The highest BCUT2D eigenvalue weighted by molar-refractivity contribution is 5.50. The highest BCUT2D eigenvalue weighted by atomic mass is 19.1. The molecular formula is C12H16FN3O2. The van der Waals surface area contributed by atoms with E-state index in [4.69, 9.17) is 0 Å². The standard InChI is InChI=1S/C12H16FN3O2/c1-15-6-4-9(5-7-15)14-10-2-3-12(16(17)18)11(13)8-10/h2-3,8-9,14H,4-7H2,1H3. The highest BCUT2D eigenvalue weighted by Crippen LogP contribution is 2.22. The van der Waals surface area contributed by atoms with Crippen molar-refractivity contribution in [2.45, 2.75) is 18.9 Å². The molecule has 0 saturated carbocycles. The normalized spacial score (nSPS) is 17.7. The Kier molecular flexibility index (Phi) is 3.76. The van der Waals surface area contributed by atoms with E-state index in [1.165, 1.54) is 12.1 Å². The maximum absolute atomic E-state index is 13.4. The van der Waals surface area contributed by atoms with Crippen LogP contribution in [-0.2, 0) is 0 Å². The van der Waals surface area contributed by atoms with E-state index >= 15 is 0 Å². The molecule has 0 bridgehead atoms. The summed E-state index contributed by atoms with van der Waals surface area (Å²) >= 11 is 0. The van der Waals surface area contributed by atoms with Gasteiger partial charge in [0.2, 0.25) is 5.82 Å². The fourth-order valence-corrected chi connectivity index (χ4v) is 2.13. The van der Waals surface area contributed by atoms with E-state index in [0.29, 0.717) is 11.7 Å². The minimum atomic E-state index is -0.794. The second-order valence-corrected chi connectivity index (χ2v) is 4.65. The molecule has 6 heteroatoms. The lowest BCUT2D eigenvalue weighted by Gasteiger charge is -2.30. The lowest BCUT2D eigenvalue weighted by atomic mass is 10.1. The molecule has 2 rings (SSSR count). The van der Waals surface area contributed by atoms with Crippen LogP contribution in [0.3, 0.4) is 0 Å². The van der Waals surface area contributed by atoms with E-state index in [-0.39, 0.29) is 0 Å². The molecule has 18 heavy (non-hydrogen) atoms. The van der Waals surface area contributed by atoms with Crippen LogP contribution in [0, 0.1) is 15.9 Å². The smallest absolute Gasteiger partial charge is 0.304 e. The molecule has 5 nitrogen and oxygen atoms in total. The van der Waals surface area contributed by atoms with Crippen LogP contribution in [0.5, 0.6) is 0 Å². The number of nitrogens with zero attached hydrogens (tertiary/aromatic N) is 2. The summed E-state index contributed by atoms with van der Waals surface area (Å²) in [4.78, 5) is 12.0. The summed E-state index contributed by atoms with van der Waals surface area (Å²) in [7, 11) is 2.07. The summed E-state index contributed by atoms with van der Waals surface area (Å²) in [6, 6.07) is 4.25. The van der Waals surface area contributed by atoms with Gasteiger partial charge in [-0.1, -0.05) is 0 Å². The number of hydrogen-bond donors (Lipinski definition) is 1. The molecule has 0 radical (unpaired) electrons. The fraction of sp³-hybridized carbons (Fsp3) is 0.500. The predicted octanol–water partition coefficient (Wildman–Crippen LogP) is 2.24. The summed E-state index contributed by atoms with van der Waals surface area (Å²) in [6.07, 6.45) is 1.99. The van der Waals surface area contributed by atoms with Crippen molar-refractivity contribution in [3.8, 4) is 0 Å². The molecular weight excluding hydrogens is 237 g/mol. The number of halogens is 1. The van der Waals surface area contributed by atoms with Gasteiger partial charge < -0.3 is 10.2 Å². The van der Waals surface area contributed by atoms with Crippen LogP contribution < -0.4 is 5.32 Å². The Morgan fingerprint density at radius 3 is 2.67 bits per heavy atom. The lowest BCUT2D eigenvalue weighted by molar-refractivity contribution is -0.387. The van der Waals surface area contributed by atoms with Crippen LogP contribution in [0.15, 0.2) is 18.2 Å². The van der Waals surface area contributed by atoms with Gasteiger partial charge in [-0.2, -0.15) is 4.39 Å². The van der Waals surface area contributed by atoms with Crippen molar-refractivity contribution >= 4 is 11.4 Å². The van der Waals surface area contributed by atoms with Gasteiger partial charge in [0.15, 0.2) is 0 Å². The third-order valence-electron chi connectivity index (χ3n) is 3.23. The Hall–Kier alpha value is -1.69. The monoisotopic (exact) mass is 253 g/mol. The zero-order chi connectivity index (χ0) is 13.1. The van der Waals surface area contributed by atoms with Crippen molar-refractivity contribution in [1.29, 1.82) is 0 Å². The van der Waals surface area contributed by atoms with Gasteiger partial charge >= 0.3 is 5.69 Å². The van der Waals surface area contributed by atoms with E-state index in [2.05, 4.69) is 17.3 Å². The number of rotatable bonds is 3. The summed E-state index contributed by atoms with van der Waals surface area (Å²) in [5.74, 6) is -0.794. The van der Waals surface area contributed by atoms with Gasteiger partial charge in [-0.05, 0) is 39.0 Å². The average Bonchev–Trinajstić information content (AvgIpc) is 2.32. The van der Waals surface area contributed by atoms with Gasteiger partial charge in [-0.3, -0.25) is 10.1 Å². The molecule has 98 valence electrons. The summed E-state index contributed by atoms with van der Waals surface area (Å²) < 4.78 is 13.4. The first-order valence-corrected chi connectivity index (χ1v) is 5.95. The average molecular weight is 253 g/mol. The molecule has 1 aromatic carbocycles. The summed E-state index contributed by atoms with van der Waals surface area (Å²) in [5, 5.41) is 13.7. The van der Waals surface area contributed by atoms with Crippen molar-refractivity contribution in [3.05, 3.63) is 34.1 Å². The molecule has 0 atom stereocenters. The van der Waals surface area contributed by atoms with Crippen LogP contribution in [0.1, 0.15) is 12.8 Å². The molecule has 0 spiro atoms. The number of nitro benzene ring substituents is 1. The third kappa shape index (κ3) is 2.95. The van der Waals surface area contributed by atoms with E-state index < -0.39 is 16.4 Å². The molecule has 1 fully saturated rings. The summed E-state index contributed by atoms with van der Waals surface area (Å²) in [5.41, 5.74) is 0.122. The zero-order valence-electron chi connectivity index (χ0n) is 10.2. The lowest BCUT2D eigenvalue weighted by Crippen LogP contribution is -2.36. The number of benzene rings is 1. The Labute approximate surface area is 105 Å². The van der Waals surface area contributed by atoms with Gasteiger partial charge in [0, 0.05) is 23.9 Å². The molecule has 0 aromatic heterocycles. The van der Waals surface area contributed by atoms with Crippen LogP contribution >= 0.6 is 0 Å². The van der Waals surface area contributed by atoms with Crippen molar-refractivity contribution < 1.29 is 9.31 Å². The molecule has 1 aromatic rings. The Morgan fingerprint density at radius 1 is 1.44 bits per heavy atom. The maximum Gasteiger partial charge on any atom is 0.304 e. The number of nitrogens with one attached hydrogen (secondary N) is 1. The molecule has 1 saturated heterocycles. The number of likely N-dealkylation sites (tertiary alicyclic amines) is 1. The predicted molar refractivity (Wildman–Crippen MR) is 67.2 cm³/mol. The third-order valence-corrected chi connectivity index (χ3v) is 3.23. The molecule has 1 aliphatic rings. The number of nitro groups is 1. The van der Waals surface area contributed by atoms with Crippen LogP contribution in [0.2, 0.25) is 0 Å². The van der Waals surface area contributed by atoms with Gasteiger partial charge in [0.05, 0.1) is 4.92 Å². The largest absolute Gasteiger partial charge is 0.382 e. The molecule has 1 aliphatic heterocycles. The van der Waals surface area contributed by atoms with Crippen molar-refractivity contribution in [2.75, 3.05) is 25.5 Å². The molecule has 0 amide bonds. The Morgan fingerprint density at radius 2 is 2.11 bits per heavy atom. The minimum Gasteiger partial charge on any atom is -0.382 e.